The van der Waals surface area contributed by atoms with Crippen LogP contribution in [0.2, 0.25) is 0 Å². The van der Waals surface area contributed by atoms with Crippen LogP contribution in [-0.2, 0) is 11.3 Å². The Morgan fingerprint density at radius 1 is 1.36 bits per heavy atom. The van der Waals surface area contributed by atoms with E-state index in [2.05, 4.69) is 29.7 Å². The molecule has 2 rings (SSSR count). The van der Waals surface area contributed by atoms with Crippen LogP contribution >= 0.6 is 12.4 Å². The number of halogens is 1. The first-order valence-corrected chi connectivity index (χ1v) is 7.82. The first-order chi connectivity index (χ1) is 10.2. The molecule has 1 fully saturated rings. The van der Waals surface area contributed by atoms with Crippen molar-refractivity contribution in [1.82, 2.24) is 10.6 Å². The fourth-order valence-electron chi connectivity index (χ4n) is 2.14. The van der Waals surface area contributed by atoms with Gasteiger partial charge in [-0.2, -0.15) is 0 Å². The molecule has 1 aromatic carbocycles. The molecule has 2 N–H and O–H groups in total. The van der Waals surface area contributed by atoms with E-state index in [0.29, 0.717) is 13.0 Å². The predicted octanol–water partition coefficient (Wildman–Crippen LogP) is 2.82. The van der Waals surface area contributed by atoms with Gasteiger partial charge in [-0.25, -0.2) is 0 Å². The van der Waals surface area contributed by atoms with E-state index in [-0.39, 0.29) is 18.3 Å². The van der Waals surface area contributed by atoms with E-state index in [1.54, 1.807) is 0 Å². The van der Waals surface area contributed by atoms with E-state index in [9.17, 15) is 4.79 Å². The van der Waals surface area contributed by atoms with Gasteiger partial charge in [0.2, 0.25) is 5.91 Å². The van der Waals surface area contributed by atoms with Gasteiger partial charge >= 0.3 is 0 Å². The summed E-state index contributed by atoms with van der Waals surface area (Å²) >= 11 is 0. The lowest BCUT2D eigenvalue weighted by molar-refractivity contribution is -0.121. The molecule has 0 aliphatic heterocycles. The van der Waals surface area contributed by atoms with E-state index < -0.39 is 0 Å². The van der Waals surface area contributed by atoms with E-state index in [1.807, 2.05) is 13.1 Å². The molecule has 1 aromatic rings. The van der Waals surface area contributed by atoms with Crippen molar-refractivity contribution in [2.75, 3.05) is 20.2 Å². The average molecular weight is 327 g/mol. The molecule has 0 spiro atoms. The second-order valence-electron chi connectivity index (χ2n) is 5.85. The van der Waals surface area contributed by atoms with Gasteiger partial charge in [0, 0.05) is 18.5 Å². The molecule has 124 valence electrons. The molecule has 0 bridgehead atoms. The lowest BCUT2D eigenvalue weighted by Crippen LogP contribution is -2.24. The van der Waals surface area contributed by atoms with E-state index in [4.69, 9.17) is 4.74 Å². The SMILES string of the molecule is CNCCCC(=O)NCc1ccc(C)cc1OCC1CC1.Cl. The summed E-state index contributed by atoms with van der Waals surface area (Å²) in [6, 6.07) is 6.17. The molecule has 5 heteroatoms. The van der Waals surface area contributed by atoms with Crippen molar-refractivity contribution in [3.63, 3.8) is 0 Å². The fourth-order valence-corrected chi connectivity index (χ4v) is 2.14. The average Bonchev–Trinajstić information content (AvgIpc) is 3.28. The lowest BCUT2D eigenvalue weighted by atomic mass is 10.1. The third kappa shape index (κ3) is 6.67. The van der Waals surface area contributed by atoms with Crippen LogP contribution in [0.4, 0.5) is 0 Å². The highest BCUT2D eigenvalue weighted by Crippen LogP contribution is 2.30. The molecular formula is C17H27ClN2O2. The Balaban J connectivity index is 0.00000242. The standard InChI is InChI=1S/C17H26N2O2.ClH/c1-13-5-8-15(11-19-17(20)4-3-9-18-2)16(10-13)21-12-14-6-7-14;/h5,8,10,14,18H,3-4,6-7,9,11-12H2,1-2H3,(H,19,20);1H. The molecule has 0 atom stereocenters. The smallest absolute Gasteiger partial charge is 0.220 e. The Kier molecular flexibility index (Phi) is 8.28. The van der Waals surface area contributed by atoms with Gasteiger partial charge in [-0.05, 0) is 57.3 Å². The Bertz CT molecular complexity index is 476. The number of hydrogen-bond donors (Lipinski definition) is 2. The number of aryl methyl sites for hydroxylation is 1. The predicted molar refractivity (Wildman–Crippen MR) is 91.7 cm³/mol. The fraction of sp³-hybridized carbons (Fsp3) is 0.588. The maximum absolute atomic E-state index is 11.8. The molecule has 0 aromatic heterocycles. The Labute approximate surface area is 139 Å². The van der Waals surface area contributed by atoms with Gasteiger partial charge in [0.05, 0.1) is 6.61 Å². The van der Waals surface area contributed by atoms with Crippen LogP contribution in [0.5, 0.6) is 5.75 Å². The summed E-state index contributed by atoms with van der Waals surface area (Å²) in [6.45, 7) is 4.27. The first-order valence-electron chi connectivity index (χ1n) is 7.82. The molecule has 4 nitrogen and oxygen atoms in total. The van der Waals surface area contributed by atoms with Crippen molar-refractivity contribution >= 4 is 18.3 Å². The number of ether oxygens (including phenoxy) is 1. The maximum atomic E-state index is 11.8. The summed E-state index contributed by atoms with van der Waals surface area (Å²) in [5, 5.41) is 6.02. The van der Waals surface area contributed by atoms with Crippen molar-refractivity contribution < 1.29 is 9.53 Å². The van der Waals surface area contributed by atoms with Crippen molar-refractivity contribution in [2.45, 2.75) is 39.2 Å². The third-order valence-electron chi connectivity index (χ3n) is 3.70. The quantitative estimate of drug-likeness (QED) is 0.686. The zero-order valence-electron chi connectivity index (χ0n) is 13.5. The zero-order chi connectivity index (χ0) is 15.1. The second-order valence-corrected chi connectivity index (χ2v) is 5.85. The number of benzene rings is 1. The summed E-state index contributed by atoms with van der Waals surface area (Å²) in [5.74, 6) is 1.74. The molecule has 0 unspecified atom stereocenters. The number of carbonyl (C=O) groups is 1. The second kappa shape index (κ2) is 9.70. The Hall–Kier alpha value is -1.26. The van der Waals surface area contributed by atoms with Crippen LogP contribution in [0.25, 0.3) is 0 Å². The van der Waals surface area contributed by atoms with Gasteiger partial charge in [-0.1, -0.05) is 12.1 Å². The largest absolute Gasteiger partial charge is 0.493 e. The van der Waals surface area contributed by atoms with Gasteiger partial charge in [0.25, 0.3) is 0 Å². The van der Waals surface area contributed by atoms with Gasteiger partial charge in [0.15, 0.2) is 0 Å². The van der Waals surface area contributed by atoms with Crippen LogP contribution < -0.4 is 15.4 Å². The molecule has 1 aliphatic carbocycles. The summed E-state index contributed by atoms with van der Waals surface area (Å²) < 4.78 is 5.91. The van der Waals surface area contributed by atoms with Crippen molar-refractivity contribution in [2.24, 2.45) is 5.92 Å². The number of rotatable bonds is 9. The van der Waals surface area contributed by atoms with Crippen molar-refractivity contribution in [1.29, 1.82) is 0 Å². The maximum Gasteiger partial charge on any atom is 0.220 e. The monoisotopic (exact) mass is 326 g/mol. The molecule has 0 radical (unpaired) electrons. The van der Waals surface area contributed by atoms with Gasteiger partial charge < -0.3 is 15.4 Å². The number of carbonyl (C=O) groups excluding carboxylic acids is 1. The molecule has 1 aliphatic rings. The summed E-state index contributed by atoms with van der Waals surface area (Å²) in [6.07, 6.45) is 3.99. The minimum absolute atomic E-state index is 0. The number of amides is 1. The number of hydrogen-bond acceptors (Lipinski definition) is 3. The van der Waals surface area contributed by atoms with Gasteiger partial charge in [-0.3, -0.25) is 4.79 Å². The summed E-state index contributed by atoms with van der Waals surface area (Å²) in [4.78, 5) is 11.8. The van der Waals surface area contributed by atoms with Gasteiger partial charge in [-0.15, -0.1) is 12.4 Å². The van der Waals surface area contributed by atoms with Crippen LogP contribution in [0.1, 0.15) is 36.8 Å². The lowest BCUT2D eigenvalue weighted by Gasteiger charge is -2.13. The van der Waals surface area contributed by atoms with Crippen molar-refractivity contribution in [3.8, 4) is 5.75 Å². The van der Waals surface area contributed by atoms with Crippen molar-refractivity contribution in [3.05, 3.63) is 29.3 Å². The molecule has 1 saturated carbocycles. The Morgan fingerprint density at radius 2 is 2.14 bits per heavy atom. The first kappa shape index (κ1) is 18.8. The minimum Gasteiger partial charge on any atom is -0.493 e. The van der Waals surface area contributed by atoms with Crippen LogP contribution in [-0.4, -0.2) is 26.1 Å². The Morgan fingerprint density at radius 3 is 2.82 bits per heavy atom. The topological polar surface area (TPSA) is 50.4 Å². The molecular weight excluding hydrogens is 300 g/mol. The molecule has 1 amide bonds. The van der Waals surface area contributed by atoms with Crippen LogP contribution in [0.15, 0.2) is 18.2 Å². The molecule has 0 heterocycles. The zero-order valence-corrected chi connectivity index (χ0v) is 14.3. The summed E-state index contributed by atoms with van der Waals surface area (Å²) in [5.41, 5.74) is 2.24. The highest BCUT2D eigenvalue weighted by molar-refractivity contribution is 5.85. The third-order valence-corrected chi connectivity index (χ3v) is 3.70. The molecule has 0 saturated heterocycles. The minimum atomic E-state index is 0. The van der Waals surface area contributed by atoms with E-state index in [0.717, 1.165) is 36.8 Å². The normalized spacial score (nSPS) is 13.4. The number of nitrogens with one attached hydrogen (secondary N) is 2. The van der Waals surface area contributed by atoms with Crippen LogP contribution in [0.3, 0.4) is 0 Å². The summed E-state index contributed by atoms with van der Waals surface area (Å²) in [7, 11) is 1.90. The van der Waals surface area contributed by atoms with Gasteiger partial charge in [0.1, 0.15) is 5.75 Å². The van der Waals surface area contributed by atoms with E-state index >= 15 is 0 Å². The highest BCUT2D eigenvalue weighted by Gasteiger charge is 2.22. The highest BCUT2D eigenvalue weighted by atomic mass is 35.5. The van der Waals surface area contributed by atoms with Crippen LogP contribution in [0, 0.1) is 12.8 Å². The van der Waals surface area contributed by atoms with E-state index in [1.165, 1.54) is 18.4 Å². The molecule has 22 heavy (non-hydrogen) atoms.